The van der Waals surface area contributed by atoms with Crippen molar-refractivity contribution < 1.29 is 9.84 Å². The third-order valence-electron chi connectivity index (χ3n) is 5.64. The molecule has 7 heteroatoms. The second-order valence-corrected chi connectivity index (χ2v) is 7.34. The molecule has 138 valence electrons. The van der Waals surface area contributed by atoms with E-state index in [-0.39, 0.29) is 12.0 Å². The van der Waals surface area contributed by atoms with Crippen LogP contribution >= 0.6 is 0 Å². The summed E-state index contributed by atoms with van der Waals surface area (Å²) in [7, 11) is 0. The molecule has 4 aliphatic heterocycles. The van der Waals surface area contributed by atoms with Crippen molar-refractivity contribution in [1.82, 2.24) is 20.4 Å². The Morgan fingerprint density at radius 3 is 2.71 bits per heavy atom. The first-order valence-electron chi connectivity index (χ1n) is 9.42. The highest BCUT2D eigenvalue weighted by molar-refractivity contribution is 5.79. The fourth-order valence-corrected chi connectivity index (χ4v) is 4.01. The number of ether oxygens (including phenoxy) is 1. The summed E-state index contributed by atoms with van der Waals surface area (Å²) in [4.78, 5) is 9.95. The zero-order valence-corrected chi connectivity index (χ0v) is 15.0. The number of aliphatic hydroxyl groups excluding tert-OH is 1. The molecule has 2 bridgehead atoms. The zero-order valence-electron chi connectivity index (χ0n) is 15.0. The summed E-state index contributed by atoms with van der Waals surface area (Å²) in [5.41, 5.74) is 0.0101. The first-order valence-corrected chi connectivity index (χ1v) is 9.42. The summed E-state index contributed by atoms with van der Waals surface area (Å²) < 4.78 is 5.56. The van der Waals surface area contributed by atoms with Crippen molar-refractivity contribution in [1.29, 1.82) is 0 Å². The first-order chi connectivity index (χ1) is 11.7. The van der Waals surface area contributed by atoms with Crippen LogP contribution in [0.5, 0.6) is 0 Å². The van der Waals surface area contributed by atoms with Gasteiger partial charge in [0.2, 0.25) is 0 Å². The average Bonchev–Trinajstić information content (AvgIpc) is 3.08. The highest BCUT2D eigenvalue weighted by atomic mass is 16.5. The number of hydrogen-bond donors (Lipinski definition) is 3. The average molecular weight is 339 g/mol. The van der Waals surface area contributed by atoms with E-state index in [9.17, 15) is 5.11 Å². The minimum atomic E-state index is 0.0101. The van der Waals surface area contributed by atoms with E-state index in [0.717, 1.165) is 45.0 Å². The quantitative estimate of drug-likeness (QED) is 0.422. The Hall–Kier alpha value is -0.890. The van der Waals surface area contributed by atoms with Gasteiger partial charge < -0.3 is 20.5 Å². The van der Waals surface area contributed by atoms with Gasteiger partial charge in [-0.15, -0.1) is 0 Å². The summed E-state index contributed by atoms with van der Waals surface area (Å²) in [6.07, 6.45) is 1.75. The van der Waals surface area contributed by atoms with Crippen molar-refractivity contribution >= 4 is 5.96 Å². The number of aliphatic hydroxyl groups is 1. The highest BCUT2D eigenvalue weighted by Crippen LogP contribution is 2.32. The molecule has 2 unspecified atom stereocenters. The fraction of sp³-hybridized carbons (Fsp3) is 0.941. The standard InChI is InChI=1S/C17H33N5O2/c1-2-18-16(20-13-17(3-9-23)4-10-24-14-17)19-11-15-12-21-5-7-22(15)8-6-21/h15,23H,2-14H2,1H3,(H2,18,19,20). The maximum absolute atomic E-state index is 9.35. The number of nitrogens with zero attached hydrogens (tertiary/aromatic N) is 3. The topological polar surface area (TPSA) is 72.4 Å². The second-order valence-electron chi connectivity index (χ2n) is 7.34. The van der Waals surface area contributed by atoms with Crippen LogP contribution in [0.25, 0.3) is 0 Å². The number of fused-ring (bicyclic) bond motifs is 3. The molecule has 0 saturated carbocycles. The van der Waals surface area contributed by atoms with E-state index >= 15 is 0 Å². The molecule has 4 saturated heterocycles. The Kier molecular flexibility index (Phi) is 6.32. The van der Waals surface area contributed by atoms with Crippen LogP contribution in [0.4, 0.5) is 0 Å². The number of guanidine groups is 1. The van der Waals surface area contributed by atoms with Crippen LogP contribution in [-0.2, 0) is 4.74 Å². The lowest BCUT2D eigenvalue weighted by Crippen LogP contribution is -2.63. The fourth-order valence-electron chi connectivity index (χ4n) is 4.01. The van der Waals surface area contributed by atoms with E-state index in [1.54, 1.807) is 0 Å². The molecule has 4 aliphatic rings. The van der Waals surface area contributed by atoms with Crippen molar-refractivity contribution in [2.75, 3.05) is 72.2 Å². The lowest BCUT2D eigenvalue weighted by Gasteiger charge is -2.47. The summed E-state index contributed by atoms with van der Waals surface area (Å²) in [5.74, 6) is 0.888. The molecular formula is C17H33N5O2. The molecule has 2 atom stereocenters. The van der Waals surface area contributed by atoms with Gasteiger partial charge in [0.05, 0.1) is 13.2 Å². The molecule has 4 heterocycles. The van der Waals surface area contributed by atoms with E-state index in [1.165, 1.54) is 26.2 Å². The molecule has 4 fully saturated rings. The third-order valence-corrected chi connectivity index (χ3v) is 5.64. The van der Waals surface area contributed by atoms with Crippen molar-refractivity contribution in [3.8, 4) is 0 Å². The summed E-state index contributed by atoms with van der Waals surface area (Å²) in [6.45, 7) is 12.3. The van der Waals surface area contributed by atoms with Crippen molar-refractivity contribution in [3.63, 3.8) is 0 Å². The molecular weight excluding hydrogens is 306 g/mol. The number of rotatable bonds is 7. The summed E-state index contributed by atoms with van der Waals surface area (Å²) in [6, 6.07) is 0.581. The molecule has 7 nitrogen and oxygen atoms in total. The highest BCUT2D eigenvalue weighted by Gasteiger charge is 2.35. The van der Waals surface area contributed by atoms with Gasteiger partial charge in [-0.25, -0.2) is 0 Å². The third kappa shape index (κ3) is 4.39. The van der Waals surface area contributed by atoms with Gasteiger partial charge in [0, 0.05) is 70.5 Å². The van der Waals surface area contributed by atoms with Gasteiger partial charge in [-0.1, -0.05) is 0 Å². The zero-order chi connectivity index (χ0) is 16.8. The Bertz CT molecular complexity index is 417. The Labute approximate surface area is 145 Å². The van der Waals surface area contributed by atoms with Gasteiger partial charge in [-0.2, -0.15) is 0 Å². The van der Waals surface area contributed by atoms with Crippen LogP contribution in [-0.4, -0.2) is 99.1 Å². The van der Waals surface area contributed by atoms with Crippen LogP contribution in [0.3, 0.4) is 0 Å². The molecule has 0 aromatic heterocycles. The monoisotopic (exact) mass is 339 g/mol. The second kappa shape index (κ2) is 8.47. The van der Waals surface area contributed by atoms with Gasteiger partial charge in [-0.05, 0) is 19.8 Å². The van der Waals surface area contributed by atoms with Crippen LogP contribution in [0.15, 0.2) is 4.99 Å². The Morgan fingerprint density at radius 1 is 1.29 bits per heavy atom. The van der Waals surface area contributed by atoms with E-state index in [4.69, 9.17) is 9.73 Å². The van der Waals surface area contributed by atoms with Gasteiger partial charge in [0.1, 0.15) is 0 Å². The number of hydrogen-bond acceptors (Lipinski definition) is 5. The molecule has 24 heavy (non-hydrogen) atoms. The molecule has 0 amide bonds. The van der Waals surface area contributed by atoms with Crippen molar-refractivity contribution in [3.05, 3.63) is 0 Å². The summed E-state index contributed by atoms with van der Waals surface area (Å²) in [5, 5.41) is 16.2. The van der Waals surface area contributed by atoms with Gasteiger partial charge in [0.25, 0.3) is 0 Å². The minimum absolute atomic E-state index is 0.0101. The lowest BCUT2D eigenvalue weighted by molar-refractivity contribution is 0.0154. The predicted octanol–water partition coefficient (Wildman–Crippen LogP) is -0.670. The lowest BCUT2D eigenvalue weighted by atomic mass is 9.84. The van der Waals surface area contributed by atoms with Crippen LogP contribution in [0.2, 0.25) is 0 Å². The maximum atomic E-state index is 9.35. The van der Waals surface area contributed by atoms with E-state index < -0.39 is 0 Å². The first kappa shape index (κ1) is 17.9. The SMILES string of the molecule is CCNC(=NCC1(CCO)CCOC1)NCC1CN2CCN1CC2. The largest absolute Gasteiger partial charge is 0.396 e. The molecule has 0 aromatic carbocycles. The van der Waals surface area contributed by atoms with E-state index in [2.05, 4.69) is 27.4 Å². The Morgan fingerprint density at radius 2 is 2.12 bits per heavy atom. The predicted molar refractivity (Wildman–Crippen MR) is 95.4 cm³/mol. The van der Waals surface area contributed by atoms with Crippen LogP contribution < -0.4 is 10.6 Å². The van der Waals surface area contributed by atoms with E-state index in [0.29, 0.717) is 19.2 Å². The smallest absolute Gasteiger partial charge is 0.191 e. The number of aliphatic imine (C=N–C) groups is 1. The maximum Gasteiger partial charge on any atom is 0.191 e. The molecule has 0 radical (unpaired) electrons. The number of nitrogens with one attached hydrogen (secondary N) is 2. The van der Waals surface area contributed by atoms with E-state index in [1.807, 2.05) is 0 Å². The summed E-state index contributed by atoms with van der Waals surface area (Å²) >= 11 is 0. The van der Waals surface area contributed by atoms with Crippen molar-refractivity contribution in [2.45, 2.75) is 25.8 Å². The minimum Gasteiger partial charge on any atom is -0.396 e. The molecule has 4 rings (SSSR count). The van der Waals surface area contributed by atoms with Crippen molar-refractivity contribution in [2.24, 2.45) is 10.4 Å². The molecule has 0 aliphatic carbocycles. The normalized spacial score (nSPS) is 36.1. The van der Waals surface area contributed by atoms with Gasteiger partial charge in [0.15, 0.2) is 5.96 Å². The van der Waals surface area contributed by atoms with Crippen LogP contribution in [0, 0.1) is 5.41 Å². The Balaban J connectivity index is 1.53. The molecule has 0 aromatic rings. The van der Waals surface area contributed by atoms with Crippen LogP contribution in [0.1, 0.15) is 19.8 Å². The molecule has 0 spiro atoms. The van der Waals surface area contributed by atoms with Gasteiger partial charge in [-0.3, -0.25) is 14.8 Å². The number of piperazine rings is 3. The molecule has 3 N–H and O–H groups in total. The van der Waals surface area contributed by atoms with Gasteiger partial charge >= 0.3 is 0 Å².